The number of amidine groups is 3. The molecule has 2 aromatic carbocycles. The van der Waals surface area contributed by atoms with E-state index in [0.717, 1.165) is 12.1 Å². The number of fused-ring (bicyclic) bond motifs is 2. The molecule has 3 atom stereocenters. The van der Waals surface area contributed by atoms with Gasteiger partial charge in [-0.25, -0.2) is 9.59 Å². The fraction of sp³-hybridized carbons (Fsp3) is 0.447. The SMILES string of the molecule is CC(=N)NCCCC[C@H](NC(=O)c1cc(=O)c2c(OCC(COc3cccc4oc(C(=O)N[C@@H](CCCCNC(C)=N)C(=O)O)cc(=O)c34)OC(=O)[C@@H](N)CCCCNC(C)=N)cccc2o1)C(=O)O. The number of esters is 1. The third-order valence-corrected chi connectivity index (χ3v) is 10.5. The average Bonchev–Trinajstić information content (AvgIpc) is 3.30. The number of carbonyl (C=O) groups excluding carboxylic acids is 3. The zero-order valence-electron chi connectivity index (χ0n) is 39.2. The number of benzene rings is 2. The number of ether oxygens (including phenoxy) is 3. The number of amides is 2. The lowest BCUT2D eigenvalue weighted by Gasteiger charge is -2.22. The van der Waals surface area contributed by atoms with E-state index in [-0.39, 0.29) is 64.4 Å². The maximum atomic E-state index is 13.5. The summed E-state index contributed by atoms with van der Waals surface area (Å²) in [6.45, 7) is 5.28. The molecule has 70 heavy (non-hydrogen) atoms. The second-order valence-electron chi connectivity index (χ2n) is 16.4. The predicted molar refractivity (Wildman–Crippen MR) is 257 cm³/mol. The summed E-state index contributed by atoms with van der Waals surface area (Å²) in [4.78, 5) is 90.6. The van der Waals surface area contributed by atoms with Gasteiger partial charge in [0.15, 0.2) is 28.5 Å². The van der Waals surface area contributed by atoms with Crippen LogP contribution < -0.4 is 52.6 Å². The fourth-order valence-electron chi connectivity index (χ4n) is 6.91. The van der Waals surface area contributed by atoms with Crippen LogP contribution in [0.1, 0.15) is 99.7 Å². The molecule has 2 aromatic heterocycles. The zero-order valence-corrected chi connectivity index (χ0v) is 39.2. The van der Waals surface area contributed by atoms with E-state index in [2.05, 4.69) is 26.6 Å². The quantitative estimate of drug-likeness (QED) is 0.0161. The van der Waals surface area contributed by atoms with Crippen LogP contribution in [0, 0.1) is 16.2 Å². The number of aliphatic carboxylic acids is 2. The molecule has 0 unspecified atom stereocenters. The Labute approximate surface area is 401 Å². The summed E-state index contributed by atoms with van der Waals surface area (Å²) in [7, 11) is 0. The molecule has 23 heteroatoms. The van der Waals surface area contributed by atoms with Gasteiger partial charge in [-0.1, -0.05) is 12.1 Å². The van der Waals surface area contributed by atoms with Crippen molar-refractivity contribution in [3.05, 3.63) is 80.5 Å². The Kier molecular flexibility index (Phi) is 21.3. The average molecular weight is 976 g/mol. The van der Waals surface area contributed by atoms with Crippen LogP contribution in [0.3, 0.4) is 0 Å². The third kappa shape index (κ3) is 17.4. The van der Waals surface area contributed by atoms with Crippen molar-refractivity contribution in [1.29, 1.82) is 16.2 Å². The molecular formula is C47H61N9O14. The largest absolute Gasteiger partial charge is 0.489 e. The molecule has 4 rings (SSSR count). The number of nitrogens with two attached hydrogens (primary N) is 1. The van der Waals surface area contributed by atoms with E-state index in [9.17, 15) is 43.8 Å². The Morgan fingerprint density at radius 1 is 0.614 bits per heavy atom. The molecule has 0 fully saturated rings. The highest BCUT2D eigenvalue weighted by Crippen LogP contribution is 2.26. The molecule has 0 radical (unpaired) electrons. The third-order valence-electron chi connectivity index (χ3n) is 10.5. The van der Waals surface area contributed by atoms with Gasteiger partial charge in [0.1, 0.15) is 64.8 Å². The molecule has 0 bridgehead atoms. The summed E-state index contributed by atoms with van der Waals surface area (Å²) in [5.41, 5.74) is 4.62. The first-order chi connectivity index (χ1) is 33.3. The van der Waals surface area contributed by atoms with Gasteiger partial charge in [-0.15, -0.1) is 0 Å². The van der Waals surface area contributed by atoms with Crippen molar-refractivity contribution >= 4 is 69.2 Å². The van der Waals surface area contributed by atoms with E-state index in [0.29, 0.717) is 64.0 Å². The van der Waals surface area contributed by atoms with E-state index in [1.165, 1.54) is 36.4 Å². The Morgan fingerprint density at radius 2 is 1.00 bits per heavy atom. The number of hydrogen-bond donors (Lipinski definition) is 11. The number of nitrogens with one attached hydrogen (secondary N) is 8. The minimum atomic E-state index is -1.29. The summed E-state index contributed by atoms with van der Waals surface area (Å²) in [5, 5.41) is 55.0. The highest BCUT2D eigenvalue weighted by molar-refractivity contribution is 5.97. The smallest absolute Gasteiger partial charge is 0.326 e. The van der Waals surface area contributed by atoms with Crippen molar-refractivity contribution in [2.24, 2.45) is 5.73 Å². The first kappa shape index (κ1) is 54.8. The standard InChI is InChI=1S/C47H61N9O14/c1-26(48)52-19-7-4-12-30(51)47(65)68-29(24-66-35-15-10-17-37-41(35)33(57)22-39(69-37)43(59)55-31(45(61)62)13-5-8-20-53-27(2)49)25-67-36-16-11-18-38-42(36)34(58)23-40(70-38)44(60)56-32(46(63)64)14-6-9-21-54-28(3)50/h10-11,15-18,22-23,29-32H,4-9,12-14,19-21,24-25,51H2,1-3H3,(H2,48,52)(H2,49,53)(H2,50,54)(H,55,59)(H,56,60)(H,61,62)(H,63,64)/t30-,31-,32-/m0/s1. The van der Waals surface area contributed by atoms with Crippen LogP contribution in [-0.4, -0.2) is 115 Å². The van der Waals surface area contributed by atoms with Crippen molar-refractivity contribution in [3.63, 3.8) is 0 Å². The normalized spacial score (nSPS) is 12.7. The zero-order chi connectivity index (χ0) is 51.3. The number of hydrogen-bond acceptors (Lipinski definition) is 16. The van der Waals surface area contributed by atoms with Crippen LogP contribution in [0.4, 0.5) is 0 Å². The number of carboxylic acid groups (broad SMARTS) is 2. The minimum Gasteiger partial charge on any atom is -0.489 e. The first-order valence-corrected chi connectivity index (χ1v) is 22.6. The molecule has 2 amide bonds. The van der Waals surface area contributed by atoms with Crippen LogP contribution in [0.25, 0.3) is 21.9 Å². The van der Waals surface area contributed by atoms with E-state index in [1.807, 2.05) is 0 Å². The monoisotopic (exact) mass is 975 g/mol. The molecule has 0 spiro atoms. The van der Waals surface area contributed by atoms with Gasteiger partial charge < -0.3 is 65.6 Å². The molecule has 12 N–H and O–H groups in total. The van der Waals surface area contributed by atoms with E-state index >= 15 is 0 Å². The van der Waals surface area contributed by atoms with Crippen LogP contribution in [-0.2, 0) is 19.1 Å². The first-order valence-electron chi connectivity index (χ1n) is 22.6. The molecule has 4 aromatic rings. The second-order valence-corrected chi connectivity index (χ2v) is 16.4. The molecule has 0 aliphatic rings. The Morgan fingerprint density at radius 3 is 1.37 bits per heavy atom. The lowest BCUT2D eigenvalue weighted by Crippen LogP contribution is -2.41. The van der Waals surface area contributed by atoms with Gasteiger partial charge in [0, 0.05) is 31.8 Å². The number of rotatable bonds is 29. The van der Waals surface area contributed by atoms with Crippen molar-refractivity contribution in [1.82, 2.24) is 26.6 Å². The van der Waals surface area contributed by atoms with Gasteiger partial charge in [-0.05, 0) is 103 Å². The van der Waals surface area contributed by atoms with Crippen molar-refractivity contribution < 1.29 is 57.2 Å². The lowest BCUT2D eigenvalue weighted by molar-refractivity contribution is -0.154. The van der Waals surface area contributed by atoms with Crippen molar-refractivity contribution in [2.75, 3.05) is 32.8 Å². The highest BCUT2D eigenvalue weighted by Gasteiger charge is 2.27. The summed E-state index contributed by atoms with van der Waals surface area (Å²) >= 11 is 0. The van der Waals surface area contributed by atoms with Gasteiger partial charge in [0.2, 0.25) is 0 Å². The molecule has 0 aliphatic carbocycles. The number of carbonyl (C=O) groups is 5. The second kappa shape index (κ2) is 27.2. The Bertz CT molecular complexity index is 2490. The Balaban J connectivity index is 1.53. The summed E-state index contributed by atoms with van der Waals surface area (Å²) in [6, 6.07) is 6.77. The van der Waals surface area contributed by atoms with Crippen molar-refractivity contribution in [3.8, 4) is 11.5 Å². The van der Waals surface area contributed by atoms with Gasteiger partial charge in [-0.2, -0.15) is 0 Å². The number of unbranched alkanes of at least 4 members (excludes halogenated alkanes) is 3. The van der Waals surface area contributed by atoms with Gasteiger partial charge in [0.25, 0.3) is 11.8 Å². The Hall–Kier alpha value is -7.82. The molecule has 0 saturated heterocycles. The summed E-state index contributed by atoms with van der Waals surface area (Å²) < 4.78 is 29.3. The maximum absolute atomic E-state index is 13.5. The fourth-order valence-corrected chi connectivity index (χ4v) is 6.91. The summed E-state index contributed by atoms with van der Waals surface area (Å²) in [6.07, 6.45) is 2.21. The van der Waals surface area contributed by atoms with Gasteiger partial charge in [-0.3, -0.25) is 40.2 Å². The molecule has 0 saturated carbocycles. The predicted octanol–water partition coefficient (Wildman–Crippen LogP) is 3.23. The van der Waals surface area contributed by atoms with Crippen LogP contribution in [0.2, 0.25) is 0 Å². The van der Waals surface area contributed by atoms with E-state index < -0.39 is 89.5 Å². The highest BCUT2D eigenvalue weighted by atomic mass is 16.6. The molecule has 2 heterocycles. The maximum Gasteiger partial charge on any atom is 0.326 e. The van der Waals surface area contributed by atoms with Crippen LogP contribution in [0.5, 0.6) is 11.5 Å². The topological polar surface area (TPSA) is 372 Å². The number of carboxylic acids is 2. The molecule has 378 valence electrons. The van der Waals surface area contributed by atoms with Crippen LogP contribution >= 0.6 is 0 Å². The molecular weight excluding hydrogens is 915 g/mol. The minimum absolute atomic E-state index is 0.0358. The van der Waals surface area contributed by atoms with Crippen molar-refractivity contribution in [2.45, 2.75) is 103 Å². The van der Waals surface area contributed by atoms with E-state index in [1.54, 1.807) is 20.8 Å². The lowest BCUT2D eigenvalue weighted by atomic mass is 10.1. The van der Waals surface area contributed by atoms with Crippen LogP contribution in [0.15, 0.2) is 67.0 Å². The molecule has 23 nitrogen and oxygen atoms in total. The van der Waals surface area contributed by atoms with Gasteiger partial charge in [0.05, 0.1) is 17.5 Å². The molecule has 0 aliphatic heterocycles. The van der Waals surface area contributed by atoms with Gasteiger partial charge >= 0.3 is 17.9 Å². The van der Waals surface area contributed by atoms with E-state index in [4.69, 9.17) is 45.0 Å². The summed E-state index contributed by atoms with van der Waals surface area (Å²) in [5.74, 6) is -5.40.